The number of hydrogen-bond acceptors (Lipinski definition) is 4. The van der Waals surface area contributed by atoms with Crippen molar-refractivity contribution in [2.45, 2.75) is 13.8 Å². The second-order valence-electron chi connectivity index (χ2n) is 4.05. The number of nitrogens with one attached hydrogen (secondary N) is 1. The van der Waals surface area contributed by atoms with Crippen LogP contribution in [0.3, 0.4) is 0 Å². The van der Waals surface area contributed by atoms with Crippen LogP contribution in [-0.2, 0) is 0 Å². The van der Waals surface area contributed by atoms with E-state index in [-0.39, 0.29) is 5.75 Å². The van der Waals surface area contributed by atoms with Gasteiger partial charge in [0.05, 0.1) is 11.4 Å². The average molecular weight is 247 g/mol. The van der Waals surface area contributed by atoms with Gasteiger partial charge in [-0.05, 0) is 26.0 Å². The molecule has 2 rings (SSSR count). The zero-order valence-corrected chi connectivity index (χ0v) is 10.5. The number of aryl methyl sites for hydroxylation is 1. The van der Waals surface area contributed by atoms with Gasteiger partial charge >= 0.3 is 0 Å². The van der Waals surface area contributed by atoms with Gasteiger partial charge in [0.25, 0.3) is 0 Å². The minimum Gasteiger partial charge on any atom is -0.507 e. The van der Waals surface area contributed by atoms with Crippen molar-refractivity contribution in [2.24, 2.45) is 0 Å². The largest absolute Gasteiger partial charge is 0.507 e. The second kappa shape index (κ2) is 4.60. The first-order valence-corrected chi connectivity index (χ1v) is 5.55. The summed E-state index contributed by atoms with van der Waals surface area (Å²) in [7, 11) is 1.80. The van der Waals surface area contributed by atoms with E-state index in [9.17, 15) is 9.50 Å². The van der Waals surface area contributed by atoms with Crippen molar-refractivity contribution in [2.75, 3.05) is 12.4 Å². The van der Waals surface area contributed by atoms with E-state index in [1.54, 1.807) is 7.05 Å². The third kappa shape index (κ3) is 1.99. The average Bonchev–Trinajstić information content (AvgIpc) is 2.31. The van der Waals surface area contributed by atoms with Gasteiger partial charge < -0.3 is 10.4 Å². The molecular formula is C13H14FN3O. The molecule has 0 spiro atoms. The summed E-state index contributed by atoms with van der Waals surface area (Å²) in [4.78, 5) is 0. The first kappa shape index (κ1) is 12.3. The quantitative estimate of drug-likeness (QED) is 0.856. The Labute approximate surface area is 105 Å². The number of nitrogens with zero attached hydrogens (tertiary/aromatic N) is 2. The number of hydrogen-bond donors (Lipinski definition) is 2. The Kier molecular flexibility index (Phi) is 3.14. The highest BCUT2D eigenvalue weighted by atomic mass is 19.1. The third-order valence-corrected chi connectivity index (χ3v) is 2.86. The molecule has 1 heterocycles. The fraction of sp³-hybridized carbons (Fsp3) is 0.231. The van der Waals surface area contributed by atoms with Crippen molar-refractivity contribution in [3.63, 3.8) is 0 Å². The molecule has 1 aromatic carbocycles. The highest BCUT2D eigenvalue weighted by Gasteiger charge is 2.14. The van der Waals surface area contributed by atoms with Crippen LogP contribution in [0.25, 0.3) is 11.3 Å². The van der Waals surface area contributed by atoms with E-state index in [4.69, 9.17) is 0 Å². The van der Waals surface area contributed by atoms with E-state index in [0.29, 0.717) is 11.3 Å². The van der Waals surface area contributed by atoms with E-state index in [0.717, 1.165) is 23.0 Å². The van der Waals surface area contributed by atoms with Crippen LogP contribution in [0.4, 0.5) is 10.1 Å². The topological polar surface area (TPSA) is 58.0 Å². The SMILES string of the molecule is CNc1c(C)nnc(-c2ccc(F)cc2O)c1C. The molecule has 18 heavy (non-hydrogen) atoms. The lowest BCUT2D eigenvalue weighted by atomic mass is 10.0. The molecule has 0 fully saturated rings. The van der Waals surface area contributed by atoms with Crippen LogP contribution < -0.4 is 5.32 Å². The number of aromatic hydroxyl groups is 1. The van der Waals surface area contributed by atoms with Crippen LogP contribution in [-0.4, -0.2) is 22.4 Å². The van der Waals surface area contributed by atoms with Gasteiger partial charge in [0.1, 0.15) is 17.3 Å². The summed E-state index contributed by atoms with van der Waals surface area (Å²) in [6.07, 6.45) is 0. The first-order chi connectivity index (χ1) is 8.54. The van der Waals surface area contributed by atoms with Crippen molar-refractivity contribution in [1.29, 1.82) is 0 Å². The van der Waals surface area contributed by atoms with Gasteiger partial charge in [-0.15, -0.1) is 5.10 Å². The Balaban J connectivity index is 2.64. The minimum absolute atomic E-state index is 0.140. The maximum absolute atomic E-state index is 13.0. The van der Waals surface area contributed by atoms with Gasteiger partial charge in [-0.3, -0.25) is 0 Å². The molecule has 0 bridgehead atoms. The Morgan fingerprint density at radius 2 is 1.94 bits per heavy atom. The second-order valence-corrected chi connectivity index (χ2v) is 4.05. The Hall–Kier alpha value is -2.17. The molecule has 0 aliphatic rings. The Morgan fingerprint density at radius 1 is 1.22 bits per heavy atom. The molecule has 0 amide bonds. The van der Waals surface area contributed by atoms with E-state index in [2.05, 4.69) is 15.5 Å². The molecule has 2 aromatic rings. The number of phenolic OH excluding ortho intramolecular Hbond substituents is 1. The number of halogens is 1. The molecule has 1 aromatic heterocycles. The molecule has 0 unspecified atom stereocenters. The van der Waals surface area contributed by atoms with Crippen LogP contribution in [0, 0.1) is 19.7 Å². The standard InChI is InChI=1S/C13H14FN3O/c1-7-12(15-3)8(2)16-17-13(7)10-5-4-9(14)6-11(10)18/h4-6,18H,1-3H3,(H,15,17). The molecule has 0 aliphatic heterocycles. The van der Waals surface area contributed by atoms with Gasteiger partial charge in [-0.25, -0.2) is 4.39 Å². The van der Waals surface area contributed by atoms with Crippen molar-refractivity contribution in [3.8, 4) is 17.0 Å². The predicted octanol–water partition coefficient (Wildman–Crippen LogP) is 2.65. The Bertz CT molecular complexity index is 599. The molecule has 2 N–H and O–H groups in total. The van der Waals surface area contributed by atoms with Gasteiger partial charge in [0.15, 0.2) is 0 Å². The van der Waals surface area contributed by atoms with E-state index >= 15 is 0 Å². The van der Waals surface area contributed by atoms with Crippen LogP contribution in [0.5, 0.6) is 5.75 Å². The highest BCUT2D eigenvalue weighted by molar-refractivity contribution is 5.74. The van der Waals surface area contributed by atoms with Crippen molar-refractivity contribution >= 4 is 5.69 Å². The lowest BCUT2D eigenvalue weighted by Crippen LogP contribution is -2.02. The molecule has 0 radical (unpaired) electrons. The Morgan fingerprint density at radius 3 is 2.56 bits per heavy atom. The van der Waals surface area contributed by atoms with Gasteiger partial charge in [-0.1, -0.05) is 0 Å². The summed E-state index contributed by atoms with van der Waals surface area (Å²) < 4.78 is 13.0. The third-order valence-electron chi connectivity index (χ3n) is 2.86. The summed E-state index contributed by atoms with van der Waals surface area (Å²) >= 11 is 0. The number of phenols is 1. The van der Waals surface area contributed by atoms with Crippen LogP contribution >= 0.6 is 0 Å². The highest BCUT2D eigenvalue weighted by Crippen LogP contribution is 2.33. The monoisotopic (exact) mass is 247 g/mol. The maximum atomic E-state index is 13.0. The summed E-state index contributed by atoms with van der Waals surface area (Å²) in [5, 5.41) is 20.9. The van der Waals surface area contributed by atoms with E-state index in [1.165, 1.54) is 12.1 Å². The van der Waals surface area contributed by atoms with Crippen LogP contribution in [0.1, 0.15) is 11.3 Å². The fourth-order valence-electron chi connectivity index (χ4n) is 1.97. The zero-order valence-electron chi connectivity index (χ0n) is 10.5. The molecule has 0 saturated heterocycles. The molecule has 0 aliphatic carbocycles. The lowest BCUT2D eigenvalue weighted by Gasteiger charge is -2.12. The number of rotatable bonds is 2. The molecule has 5 heteroatoms. The first-order valence-electron chi connectivity index (χ1n) is 5.55. The molecule has 4 nitrogen and oxygen atoms in total. The number of aromatic nitrogens is 2. The fourth-order valence-corrected chi connectivity index (χ4v) is 1.97. The normalized spacial score (nSPS) is 10.4. The van der Waals surface area contributed by atoms with E-state index in [1.807, 2.05) is 13.8 Å². The van der Waals surface area contributed by atoms with Crippen LogP contribution in [0.2, 0.25) is 0 Å². The summed E-state index contributed by atoms with van der Waals surface area (Å²) in [6.45, 7) is 3.73. The summed E-state index contributed by atoms with van der Waals surface area (Å²) in [6, 6.07) is 3.85. The smallest absolute Gasteiger partial charge is 0.127 e. The van der Waals surface area contributed by atoms with Crippen LogP contribution in [0.15, 0.2) is 18.2 Å². The molecule has 94 valence electrons. The van der Waals surface area contributed by atoms with Crippen molar-refractivity contribution < 1.29 is 9.50 Å². The lowest BCUT2D eigenvalue weighted by molar-refractivity contribution is 0.471. The van der Waals surface area contributed by atoms with Crippen molar-refractivity contribution in [1.82, 2.24) is 10.2 Å². The van der Waals surface area contributed by atoms with E-state index < -0.39 is 5.82 Å². The van der Waals surface area contributed by atoms with Gasteiger partial charge in [0, 0.05) is 24.2 Å². The molecular weight excluding hydrogens is 233 g/mol. The summed E-state index contributed by atoms with van der Waals surface area (Å²) in [5.74, 6) is -0.624. The number of anilines is 1. The molecule has 0 atom stereocenters. The predicted molar refractivity (Wildman–Crippen MR) is 68.1 cm³/mol. The number of benzene rings is 1. The minimum atomic E-state index is -0.484. The van der Waals surface area contributed by atoms with Gasteiger partial charge in [-0.2, -0.15) is 5.10 Å². The maximum Gasteiger partial charge on any atom is 0.127 e. The zero-order chi connectivity index (χ0) is 13.3. The van der Waals surface area contributed by atoms with Crippen molar-refractivity contribution in [3.05, 3.63) is 35.3 Å². The van der Waals surface area contributed by atoms with Gasteiger partial charge in [0.2, 0.25) is 0 Å². The summed E-state index contributed by atoms with van der Waals surface area (Å²) in [5.41, 5.74) is 3.52. The molecule has 0 saturated carbocycles.